The van der Waals surface area contributed by atoms with Crippen molar-refractivity contribution in [3.8, 4) is 0 Å². The number of cyclic esters (lactones) is 1. The summed E-state index contributed by atoms with van der Waals surface area (Å²) in [6, 6.07) is 0. The summed E-state index contributed by atoms with van der Waals surface area (Å²) in [6.45, 7) is 8.32. The lowest BCUT2D eigenvalue weighted by Gasteiger charge is -2.30. The fourth-order valence-corrected chi connectivity index (χ4v) is 3.20. The third kappa shape index (κ3) is 10.7. The van der Waals surface area contributed by atoms with Crippen LogP contribution in [0.5, 0.6) is 0 Å². The quantitative estimate of drug-likeness (QED) is 0.249. The minimum atomic E-state index is -1.44. The lowest BCUT2D eigenvalue weighted by atomic mass is 9.88. The zero-order chi connectivity index (χ0) is 24.3. The number of carbonyl (C=O) groups is 3. The normalized spacial score (nSPS) is 19.7. The van der Waals surface area contributed by atoms with Crippen LogP contribution in [0.2, 0.25) is 0 Å². The topological polar surface area (TPSA) is 119 Å². The Hall–Kier alpha value is -2.45. The fraction of sp³-hybridized carbons (Fsp3) is 0.625. The van der Waals surface area contributed by atoms with Gasteiger partial charge in [0, 0.05) is 25.8 Å². The third-order valence-corrected chi connectivity index (χ3v) is 5.18. The number of ether oxygens (including phenoxy) is 3. The fourth-order valence-electron chi connectivity index (χ4n) is 3.20. The molecule has 0 radical (unpaired) electrons. The highest BCUT2D eigenvalue weighted by atomic mass is 16.6. The van der Waals surface area contributed by atoms with Crippen molar-refractivity contribution in [2.75, 3.05) is 13.2 Å². The first-order chi connectivity index (χ1) is 14.9. The first-order valence-corrected chi connectivity index (χ1v) is 10.8. The molecular weight excluding hydrogens is 416 g/mol. The van der Waals surface area contributed by atoms with Crippen molar-refractivity contribution < 1.29 is 38.8 Å². The largest absolute Gasteiger partial charge is 0.462 e. The number of hydrogen-bond donors (Lipinski definition) is 2. The molecular formula is C24H36O8. The summed E-state index contributed by atoms with van der Waals surface area (Å²) in [5.74, 6) is -1.12. The van der Waals surface area contributed by atoms with Gasteiger partial charge in [-0.15, -0.1) is 0 Å². The molecule has 0 amide bonds. The molecule has 8 nitrogen and oxygen atoms in total. The molecule has 0 spiro atoms. The first-order valence-electron chi connectivity index (χ1n) is 10.8. The highest BCUT2D eigenvalue weighted by Gasteiger charge is 2.36. The molecule has 1 aliphatic rings. The SMILES string of the molecule is CC(=O)OC/C=C(/C)CC[C@H](O)[C@@](C)(O)C[C@@H]1C=C(CC/C=C(/C)COC(C)=O)C(=O)O1. The van der Waals surface area contributed by atoms with Gasteiger partial charge in [0.15, 0.2) is 0 Å². The summed E-state index contributed by atoms with van der Waals surface area (Å²) in [4.78, 5) is 33.7. The molecule has 0 aromatic rings. The lowest BCUT2D eigenvalue weighted by Crippen LogP contribution is -2.42. The number of hydrogen-bond acceptors (Lipinski definition) is 8. The van der Waals surface area contributed by atoms with Crippen molar-refractivity contribution in [2.24, 2.45) is 0 Å². The predicted octanol–water partition coefficient (Wildman–Crippen LogP) is 2.92. The van der Waals surface area contributed by atoms with Gasteiger partial charge in [-0.05, 0) is 64.2 Å². The van der Waals surface area contributed by atoms with Crippen LogP contribution in [0.25, 0.3) is 0 Å². The average molecular weight is 453 g/mol. The van der Waals surface area contributed by atoms with Gasteiger partial charge in [0.1, 0.15) is 19.3 Å². The van der Waals surface area contributed by atoms with Gasteiger partial charge in [0.25, 0.3) is 0 Å². The van der Waals surface area contributed by atoms with E-state index in [1.54, 1.807) is 12.2 Å². The summed E-state index contributed by atoms with van der Waals surface area (Å²) < 4.78 is 15.1. The molecule has 1 rings (SSSR count). The monoisotopic (exact) mass is 452 g/mol. The second-order valence-corrected chi connectivity index (χ2v) is 8.47. The van der Waals surface area contributed by atoms with E-state index < -0.39 is 23.8 Å². The summed E-state index contributed by atoms with van der Waals surface area (Å²) in [6.07, 6.45) is 5.76. The lowest BCUT2D eigenvalue weighted by molar-refractivity contribution is -0.144. The highest BCUT2D eigenvalue weighted by Crippen LogP contribution is 2.28. The van der Waals surface area contributed by atoms with Crippen molar-refractivity contribution in [3.63, 3.8) is 0 Å². The Kier molecular flexibility index (Phi) is 11.4. The molecule has 2 N–H and O–H groups in total. The molecule has 0 aromatic carbocycles. The number of rotatable bonds is 13. The molecule has 0 bridgehead atoms. The van der Waals surface area contributed by atoms with E-state index in [4.69, 9.17) is 14.2 Å². The summed E-state index contributed by atoms with van der Waals surface area (Å²) in [5.41, 5.74) is 0.925. The van der Waals surface area contributed by atoms with Crippen LogP contribution in [0.3, 0.4) is 0 Å². The van der Waals surface area contributed by atoms with Crippen LogP contribution in [0.1, 0.15) is 66.7 Å². The van der Waals surface area contributed by atoms with Crippen molar-refractivity contribution >= 4 is 17.9 Å². The smallest absolute Gasteiger partial charge is 0.334 e. The van der Waals surface area contributed by atoms with Gasteiger partial charge in [0.05, 0.1) is 11.7 Å². The number of carbonyl (C=O) groups excluding carboxylic acids is 3. The van der Waals surface area contributed by atoms with Gasteiger partial charge >= 0.3 is 17.9 Å². The Morgan fingerprint density at radius 2 is 1.81 bits per heavy atom. The Balaban J connectivity index is 2.52. The van der Waals surface area contributed by atoms with E-state index in [1.165, 1.54) is 20.8 Å². The minimum Gasteiger partial charge on any atom is -0.462 e. The maximum absolute atomic E-state index is 12.1. The van der Waals surface area contributed by atoms with Gasteiger partial charge in [-0.1, -0.05) is 11.6 Å². The number of aliphatic hydroxyl groups is 2. The van der Waals surface area contributed by atoms with E-state index in [0.29, 0.717) is 31.3 Å². The maximum atomic E-state index is 12.1. The van der Waals surface area contributed by atoms with Crippen LogP contribution in [-0.2, 0) is 28.6 Å². The van der Waals surface area contributed by atoms with Crippen LogP contribution < -0.4 is 0 Å². The zero-order valence-corrected chi connectivity index (χ0v) is 19.7. The summed E-state index contributed by atoms with van der Waals surface area (Å²) in [5, 5.41) is 21.2. The third-order valence-electron chi connectivity index (χ3n) is 5.18. The van der Waals surface area contributed by atoms with Crippen molar-refractivity contribution in [1.29, 1.82) is 0 Å². The van der Waals surface area contributed by atoms with E-state index >= 15 is 0 Å². The zero-order valence-electron chi connectivity index (χ0n) is 19.7. The van der Waals surface area contributed by atoms with Crippen LogP contribution in [0.4, 0.5) is 0 Å². The molecule has 1 aliphatic heterocycles. The van der Waals surface area contributed by atoms with Crippen LogP contribution in [0.15, 0.2) is 34.9 Å². The first kappa shape index (κ1) is 27.6. The van der Waals surface area contributed by atoms with Gasteiger partial charge < -0.3 is 24.4 Å². The van der Waals surface area contributed by atoms with Crippen molar-refractivity contribution in [1.82, 2.24) is 0 Å². The van der Waals surface area contributed by atoms with E-state index in [2.05, 4.69) is 0 Å². The van der Waals surface area contributed by atoms with E-state index in [9.17, 15) is 24.6 Å². The number of allylic oxidation sites excluding steroid dienone is 2. The van der Waals surface area contributed by atoms with Crippen molar-refractivity contribution in [2.45, 2.75) is 84.5 Å². The van der Waals surface area contributed by atoms with Gasteiger partial charge in [0.2, 0.25) is 0 Å². The highest BCUT2D eigenvalue weighted by molar-refractivity contribution is 5.90. The van der Waals surface area contributed by atoms with E-state index in [-0.39, 0.29) is 31.6 Å². The van der Waals surface area contributed by atoms with Crippen LogP contribution in [0, 0.1) is 0 Å². The standard InChI is InChI=1S/C24H36O8/c1-16(11-12-30-18(3)25)9-10-22(27)24(5,29)14-21-13-20(23(28)32-21)8-6-7-17(2)15-31-19(4)26/h7,11,13,21-22,27,29H,6,8-10,12,14-15H2,1-5H3/b16-11-,17-7-/t21-,22-,24-/m0/s1. The molecule has 0 saturated heterocycles. The molecule has 180 valence electrons. The Morgan fingerprint density at radius 3 is 2.44 bits per heavy atom. The second-order valence-electron chi connectivity index (χ2n) is 8.47. The molecule has 1 heterocycles. The molecule has 0 fully saturated rings. The maximum Gasteiger partial charge on any atom is 0.334 e. The molecule has 0 saturated carbocycles. The average Bonchev–Trinajstić information content (AvgIpc) is 3.02. The van der Waals surface area contributed by atoms with Crippen LogP contribution >= 0.6 is 0 Å². The molecule has 0 aromatic heterocycles. The number of aliphatic hydroxyl groups excluding tert-OH is 1. The predicted molar refractivity (Wildman–Crippen MR) is 118 cm³/mol. The summed E-state index contributed by atoms with van der Waals surface area (Å²) in [7, 11) is 0. The van der Waals surface area contributed by atoms with E-state index in [1.807, 2.05) is 19.9 Å². The van der Waals surface area contributed by atoms with Gasteiger partial charge in [-0.2, -0.15) is 0 Å². The van der Waals surface area contributed by atoms with Gasteiger partial charge in [-0.3, -0.25) is 9.59 Å². The van der Waals surface area contributed by atoms with Crippen molar-refractivity contribution in [3.05, 3.63) is 34.9 Å². The molecule has 32 heavy (non-hydrogen) atoms. The minimum absolute atomic E-state index is 0.0843. The van der Waals surface area contributed by atoms with Gasteiger partial charge in [-0.25, -0.2) is 4.79 Å². The molecule has 0 aliphatic carbocycles. The molecule has 8 heteroatoms. The Labute approximate surface area is 189 Å². The summed E-state index contributed by atoms with van der Waals surface area (Å²) >= 11 is 0. The molecule has 3 atom stereocenters. The Bertz CT molecular complexity index is 760. The number of esters is 3. The molecule has 0 unspecified atom stereocenters. The van der Waals surface area contributed by atoms with E-state index in [0.717, 1.165) is 11.1 Å². The van der Waals surface area contributed by atoms with Crippen LogP contribution in [-0.4, -0.2) is 59.1 Å². The second kappa shape index (κ2) is 13.2. The Morgan fingerprint density at radius 1 is 1.16 bits per heavy atom.